The molecular weight excluding hydrogens is 534 g/mol. The van der Waals surface area contributed by atoms with Gasteiger partial charge in [-0.15, -0.1) is 12.4 Å². The monoisotopic (exact) mass is 557 g/mol. The average molecular weight is 560 g/mol. The maximum atomic E-state index is 12.6. The summed E-state index contributed by atoms with van der Waals surface area (Å²) >= 11 is 6.84. The fourth-order valence-corrected chi connectivity index (χ4v) is 3.98. The molecule has 0 unspecified atom stereocenters. The van der Waals surface area contributed by atoms with Crippen LogP contribution in [0.4, 0.5) is 0 Å². The van der Waals surface area contributed by atoms with Gasteiger partial charge in [-0.25, -0.2) is 0 Å². The smallest absolute Gasteiger partial charge is 0.225 e. The first-order valence-corrected chi connectivity index (χ1v) is 11.4. The summed E-state index contributed by atoms with van der Waals surface area (Å²) in [5.41, 5.74) is 2.33. The third-order valence-corrected chi connectivity index (χ3v) is 6.20. The lowest BCUT2D eigenvalue weighted by molar-refractivity contribution is -0.132. The van der Waals surface area contributed by atoms with Gasteiger partial charge in [0.15, 0.2) is 0 Å². The normalized spacial score (nSPS) is 17.8. The van der Waals surface area contributed by atoms with E-state index >= 15 is 0 Å². The Balaban J connectivity index is 0.00000320. The van der Waals surface area contributed by atoms with Crippen LogP contribution in [0.15, 0.2) is 57.5 Å². The molecule has 2 aromatic carbocycles. The van der Waals surface area contributed by atoms with Gasteiger partial charge in [0.05, 0.1) is 11.8 Å². The van der Waals surface area contributed by atoms with Crippen LogP contribution in [0.3, 0.4) is 0 Å². The topological polar surface area (TPSA) is 70.2 Å². The van der Waals surface area contributed by atoms with E-state index in [4.69, 9.17) is 0 Å². The maximum Gasteiger partial charge on any atom is 0.225 e. The second-order valence-electron chi connectivity index (χ2n) is 7.21. The van der Waals surface area contributed by atoms with Gasteiger partial charge in [0.2, 0.25) is 11.8 Å². The summed E-state index contributed by atoms with van der Waals surface area (Å²) in [6.07, 6.45) is 1.53. The van der Waals surface area contributed by atoms with Crippen molar-refractivity contribution in [3.63, 3.8) is 0 Å². The molecule has 2 atom stereocenters. The van der Waals surface area contributed by atoms with E-state index < -0.39 is 0 Å². The molecule has 3 rings (SSSR count). The van der Waals surface area contributed by atoms with Crippen molar-refractivity contribution in [3.8, 4) is 0 Å². The van der Waals surface area contributed by atoms with E-state index in [-0.39, 0.29) is 36.1 Å². The van der Waals surface area contributed by atoms with Crippen LogP contribution < -0.4 is 16.0 Å². The Labute approximate surface area is 200 Å². The third-order valence-electron chi connectivity index (χ3n) is 5.14. The van der Waals surface area contributed by atoms with Crippen molar-refractivity contribution in [2.45, 2.75) is 12.8 Å². The lowest BCUT2D eigenvalue weighted by Gasteiger charge is -2.18. The molecule has 5 nitrogen and oxygen atoms in total. The Kier molecular flexibility index (Phi) is 10.3. The molecule has 1 aliphatic heterocycles. The molecule has 0 saturated carbocycles. The van der Waals surface area contributed by atoms with Gasteiger partial charge in [0, 0.05) is 35.1 Å². The minimum absolute atomic E-state index is 0. The van der Waals surface area contributed by atoms with Gasteiger partial charge >= 0.3 is 0 Å². The summed E-state index contributed by atoms with van der Waals surface area (Å²) in [7, 11) is 0. The van der Waals surface area contributed by atoms with Crippen molar-refractivity contribution in [2.75, 3.05) is 26.2 Å². The van der Waals surface area contributed by atoms with Crippen molar-refractivity contribution in [1.82, 2.24) is 16.0 Å². The van der Waals surface area contributed by atoms with Crippen molar-refractivity contribution < 1.29 is 9.59 Å². The average Bonchev–Trinajstić information content (AvgIpc) is 3.21. The van der Waals surface area contributed by atoms with Crippen molar-refractivity contribution in [3.05, 3.63) is 68.6 Å². The van der Waals surface area contributed by atoms with Gasteiger partial charge in [0.1, 0.15) is 0 Å². The number of hydrogen-bond donors (Lipinski definition) is 3. The van der Waals surface area contributed by atoms with Crippen LogP contribution >= 0.6 is 44.3 Å². The first kappa shape index (κ1) is 24.9. The molecule has 0 spiro atoms. The van der Waals surface area contributed by atoms with E-state index in [0.29, 0.717) is 26.2 Å². The number of hydrogen-bond acceptors (Lipinski definition) is 3. The molecule has 0 aromatic heterocycles. The number of halogens is 3. The lowest BCUT2D eigenvalue weighted by atomic mass is 9.94. The molecule has 2 aromatic rings. The highest BCUT2D eigenvalue weighted by atomic mass is 79.9. The summed E-state index contributed by atoms with van der Waals surface area (Å²) in [6.45, 7) is 2.20. The highest BCUT2D eigenvalue weighted by Gasteiger charge is 2.37. The largest absolute Gasteiger partial charge is 0.355 e. The third kappa shape index (κ3) is 7.38. The van der Waals surface area contributed by atoms with Gasteiger partial charge < -0.3 is 16.0 Å². The quantitative estimate of drug-likeness (QED) is 0.464. The van der Waals surface area contributed by atoms with Crippen molar-refractivity contribution in [2.24, 2.45) is 11.8 Å². The van der Waals surface area contributed by atoms with E-state index in [1.54, 1.807) is 0 Å². The standard InChI is InChI=1S/C22H25Br2N3O2.ClH/c23-17-5-1-15(2-6-17)9-11-26-21(28)19-13-25-14-20(19)22(29)27-12-10-16-3-7-18(24)8-4-16;/h1-8,19-20,25H,9-14H2,(H,26,28)(H,27,29);1H/t19-,20-;/m1./s1. The Morgan fingerprint density at radius 3 is 1.50 bits per heavy atom. The molecular formula is C22H26Br2ClN3O2. The predicted molar refractivity (Wildman–Crippen MR) is 129 cm³/mol. The van der Waals surface area contributed by atoms with Crippen LogP contribution in [0.2, 0.25) is 0 Å². The van der Waals surface area contributed by atoms with Crippen LogP contribution in [0, 0.1) is 11.8 Å². The first-order chi connectivity index (χ1) is 14.0. The van der Waals surface area contributed by atoms with Gasteiger partial charge in [-0.05, 0) is 48.2 Å². The van der Waals surface area contributed by atoms with Crippen LogP contribution in [0.5, 0.6) is 0 Å². The molecule has 0 radical (unpaired) electrons. The van der Waals surface area contributed by atoms with Crippen LogP contribution in [-0.2, 0) is 22.4 Å². The first-order valence-electron chi connectivity index (χ1n) is 9.78. The number of benzene rings is 2. The highest BCUT2D eigenvalue weighted by Crippen LogP contribution is 2.18. The number of carbonyl (C=O) groups is 2. The molecule has 1 saturated heterocycles. The maximum absolute atomic E-state index is 12.6. The summed E-state index contributed by atoms with van der Waals surface area (Å²) in [4.78, 5) is 25.2. The van der Waals surface area contributed by atoms with Crippen LogP contribution in [-0.4, -0.2) is 38.0 Å². The molecule has 162 valence electrons. The number of amides is 2. The molecule has 3 N–H and O–H groups in total. The molecule has 30 heavy (non-hydrogen) atoms. The Morgan fingerprint density at radius 1 is 0.767 bits per heavy atom. The fraction of sp³-hybridized carbons (Fsp3) is 0.364. The van der Waals surface area contributed by atoms with E-state index in [0.717, 1.165) is 21.8 Å². The molecule has 0 bridgehead atoms. The Morgan fingerprint density at radius 2 is 1.13 bits per heavy atom. The second kappa shape index (κ2) is 12.4. The summed E-state index contributed by atoms with van der Waals surface area (Å²) < 4.78 is 2.08. The van der Waals surface area contributed by atoms with Gasteiger partial charge in [-0.3, -0.25) is 9.59 Å². The summed E-state index contributed by atoms with van der Waals surface area (Å²) in [6, 6.07) is 16.1. The summed E-state index contributed by atoms with van der Waals surface area (Å²) in [5, 5.41) is 9.15. The molecule has 0 aliphatic carbocycles. The second-order valence-corrected chi connectivity index (χ2v) is 9.04. The zero-order valence-electron chi connectivity index (χ0n) is 16.5. The minimum atomic E-state index is -0.326. The van der Waals surface area contributed by atoms with Crippen LogP contribution in [0.25, 0.3) is 0 Å². The number of carbonyl (C=O) groups excluding carboxylic acids is 2. The molecule has 8 heteroatoms. The van der Waals surface area contributed by atoms with Crippen molar-refractivity contribution >= 4 is 56.1 Å². The van der Waals surface area contributed by atoms with Crippen molar-refractivity contribution in [1.29, 1.82) is 0 Å². The number of rotatable bonds is 8. The zero-order valence-corrected chi connectivity index (χ0v) is 20.5. The minimum Gasteiger partial charge on any atom is -0.355 e. The van der Waals surface area contributed by atoms with E-state index in [1.807, 2.05) is 48.5 Å². The SMILES string of the molecule is Cl.O=C(NCCc1ccc(Br)cc1)[C@@H]1CNC[C@H]1C(=O)NCCc1ccc(Br)cc1. The number of nitrogens with one attached hydrogen (secondary N) is 3. The Hall–Kier alpha value is -1.41. The van der Waals surface area contributed by atoms with E-state index in [2.05, 4.69) is 47.8 Å². The van der Waals surface area contributed by atoms with Gasteiger partial charge in [-0.2, -0.15) is 0 Å². The van der Waals surface area contributed by atoms with E-state index in [9.17, 15) is 9.59 Å². The highest BCUT2D eigenvalue weighted by molar-refractivity contribution is 9.10. The molecule has 1 heterocycles. The summed E-state index contributed by atoms with van der Waals surface area (Å²) in [5.74, 6) is -0.763. The Bertz CT molecular complexity index is 762. The molecule has 1 aliphatic rings. The van der Waals surface area contributed by atoms with Crippen LogP contribution in [0.1, 0.15) is 11.1 Å². The molecule has 1 fully saturated rings. The van der Waals surface area contributed by atoms with E-state index in [1.165, 1.54) is 11.1 Å². The molecule has 2 amide bonds. The van der Waals surface area contributed by atoms with Gasteiger partial charge in [-0.1, -0.05) is 56.1 Å². The van der Waals surface area contributed by atoms with Gasteiger partial charge in [0.25, 0.3) is 0 Å². The lowest BCUT2D eigenvalue weighted by Crippen LogP contribution is -2.42. The zero-order chi connectivity index (χ0) is 20.6. The fourth-order valence-electron chi connectivity index (χ4n) is 3.45. The predicted octanol–water partition coefficient (Wildman–Crippen LogP) is 3.49.